The Balaban J connectivity index is 3.00. The van der Waals surface area contributed by atoms with Crippen LogP contribution in [0, 0.1) is 0 Å². The van der Waals surface area contributed by atoms with Crippen LogP contribution in [0.1, 0.15) is 24.9 Å². The number of hydrogen-bond acceptors (Lipinski definition) is 2. The van der Waals surface area contributed by atoms with Crippen molar-refractivity contribution in [2.45, 2.75) is 19.4 Å². The van der Waals surface area contributed by atoms with E-state index in [-0.39, 0.29) is 6.04 Å². The average Bonchev–Trinajstić information content (AvgIpc) is 2.21. The predicted molar refractivity (Wildman–Crippen MR) is 67.1 cm³/mol. The molecule has 3 heteroatoms. The Morgan fingerprint density at radius 3 is 2.93 bits per heavy atom. The molecule has 0 spiro atoms. The molecule has 0 radical (unpaired) electrons. The zero-order valence-electron chi connectivity index (χ0n) is 8.87. The van der Waals surface area contributed by atoms with Gasteiger partial charge in [0.1, 0.15) is 5.75 Å². The summed E-state index contributed by atoms with van der Waals surface area (Å²) in [6.45, 7) is 6.30. The molecule has 0 saturated heterocycles. The highest BCUT2D eigenvalue weighted by Gasteiger charge is 2.11. The Hall–Kier alpha value is -0.800. The minimum atomic E-state index is -0.0541. The Labute approximate surface area is 99.3 Å². The number of ether oxygens (including phenoxy) is 1. The third kappa shape index (κ3) is 3.36. The van der Waals surface area contributed by atoms with Gasteiger partial charge in [-0.15, -0.1) is 6.58 Å². The summed E-state index contributed by atoms with van der Waals surface area (Å²) in [5.41, 5.74) is 7.05. The maximum absolute atomic E-state index is 6.03. The summed E-state index contributed by atoms with van der Waals surface area (Å²) < 4.78 is 6.54. The zero-order chi connectivity index (χ0) is 11.3. The second kappa shape index (κ2) is 5.93. The number of halogens is 1. The van der Waals surface area contributed by atoms with Crippen LogP contribution in [-0.2, 0) is 0 Å². The molecule has 0 aliphatic heterocycles. The molecule has 2 N–H and O–H groups in total. The first-order valence-corrected chi connectivity index (χ1v) is 5.77. The highest BCUT2D eigenvalue weighted by molar-refractivity contribution is 9.10. The molecule has 0 amide bonds. The van der Waals surface area contributed by atoms with Gasteiger partial charge in [-0.3, -0.25) is 0 Å². The molecule has 82 valence electrons. The fraction of sp³-hybridized carbons (Fsp3) is 0.333. The number of hydrogen-bond donors (Lipinski definition) is 1. The normalized spacial score (nSPS) is 12.2. The Bertz CT molecular complexity index is 338. The van der Waals surface area contributed by atoms with Crippen molar-refractivity contribution >= 4 is 15.9 Å². The van der Waals surface area contributed by atoms with Gasteiger partial charge in [-0.05, 0) is 31.5 Å². The third-order valence-corrected chi connectivity index (χ3v) is 2.58. The minimum absolute atomic E-state index is 0.0541. The van der Waals surface area contributed by atoms with Gasteiger partial charge in [0.25, 0.3) is 0 Å². The third-order valence-electron chi connectivity index (χ3n) is 2.09. The fourth-order valence-electron chi connectivity index (χ4n) is 1.40. The van der Waals surface area contributed by atoms with Crippen LogP contribution in [0.25, 0.3) is 0 Å². The summed E-state index contributed by atoms with van der Waals surface area (Å²) in [4.78, 5) is 0. The quantitative estimate of drug-likeness (QED) is 0.832. The lowest BCUT2D eigenvalue weighted by atomic mass is 10.0. The van der Waals surface area contributed by atoms with Crippen molar-refractivity contribution in [1.82, 2.24) is 0 Å². The van der Waals surface area contributed by atoms with Crippen LogP contribution in [0.15, 0.2) is 35.3 Å². The molecule has 1 atom stereocenters. The topological polar surface area (TPSA) is 35.2 Å². The van der Waals surface area contributed by atoms with E-state index in [0.717, 1.165) is 22.2 Å². The van der Waals surface area contributed by atoms with Crippen molar-refractivity contribution < 1.29 is 4.74 Å². The Morgan fingerprint density at radius 1 is 1.60 bits per heavy atom. The first-order valence-electron chi connectivity index (χ1n) is 4.97. The lowest BCUT2D eigenvalue weighted by molar-refractivity contribution is 0.334. The number of benzene rings is 1. The summed E-state index contributed by atoms with van der Waals surface area (Å²) >= 11 is 3.43. The highest BCUT2D eigenvalue weighted by atomic mass is 79.9. The molecule has 1 rings (SSSR count). The second-order valence-electron chi connectivity index (χ2n) is 3.25. The molecule has 0 aliphatic carbocycles. The predicted octanol–water partition coefficient (Wildman–Crippen LogP) is 3.42. The van der Waals surface area contributed by atoms with Crippen molar-refractivity contribution in [1.29, 1.82) is 0 Å². The summed E-state index contributed by atoms with van der Waals surface area (Å²) in [5.74, 6) is 0.857. The summed E-state index contributed by atoms with van der Waals surface area (Å²) in [6.07, 6.45) is 2.57. The van der Waals surface area contributed by atoms with Gasteiger partial charge < -0.3 is 10.5 Å². The molecule has 0 unspecified atom stereocenters. The van der Waals surface area contributed by atoms with E-state index in [1.54, 1.807) is 0 Å². The molecule has 1 aromatic rings. The van der Waals surface area contributed by atoms with Crippen molar-refractivity contribution in [3.05, 3.63) is 40.9 Å². The van der Waals surface area contributed by atoms with Crippen LogP contribution in [0.3, 0.4) is 0 Å². The monoisotopic (exact) mass is 269 g/mol. The van der Waals surface area contributed by atoms with E-state index < -0.39 is 0 Å². The molecular formula is C12H16BrNO. The standard InChI is InChI=1S/C12H16BrNO/c1-3-5-11(14)10-8-9(13)6-7-12(10)15-4-2/h3,6-8,11H,1,4-5,14H2,2H3/t11-/m0/s1. The van der Waals surface area contributed by atoms with Crippen molar-refractivity contribution in [3.8, 4) is 5.75 Å². The van der Waals surface area contributed by atoms with Gasteiger partial charge in [-0.25, -0.2) is 0 Å². The van der Waals surface area contributed by atoms with Crippen LogP contribution < -0.4 is 10.5 Å². The molecule has 0 saturated carbocycles. The van der Waals surface area contributed by atoms with Crippen LogP contribution >= 0.6 is 15.9 Å². The average molecular weight is 270 g/mol. The maximum atomic E-state index is 6.03. The molecular weight excluding hydrogens is 254 g/mol. The van der Waals surface area contributed by atoms with Gasteiger partial charge in [0.2, 0.25) is 0 Å². The SMILES string of the molecule is C=CC[C@H](N)c1cc(Br)ccc1OCC. The van der Waals surface area contributed by atoms with E-state index in [1.165, 1.54) is 0 Å². The van der Waals surface area contributed by atoms with Gasteiger partial charge in [0.15, 0.2) is 0 Å². The minimum Gasteiger partial charge on any atom is -0.494 e. The fourth-order valence-corrected chi connectivity index (χ4v) is 1.78. The largest absolute Gasteiger partial charge is 0.494 e. The van der Waals surface area contributed by atoms with Crippen molar-refractivity contribution in [2.75, 3.05) is 6.61 Å². The van der Waals surface area contributed by atoms with E-state index in [2.05, 4.69) is 22.5 Å². The Morgan fingerprint density at radius 2 is 2.33 bits per heavy atom. The van der Waals surface area contributed by atoms with E-state index in [0.29, 0.717) is 6.61 Å². The smallest absolute Gasteiger partial charge is 0.124 e. The van der Waals surface area contributed by atoms with Gasteiger partial charge >= 0.3 is 0 Å². The van der Waals surface area contributed by atoms with Crippen LogP contribution in [0.4, 0.5) is 0 Å². The molecule has 0 aromatic heterocycles. The van der Waals surface area contributed by atoms with Crippen molar-refractivity contribution in [2.24, 2.45) is 5.73 Å². The zero-order valence-corrected chi connectivity index (χ0v) is 10.5. The molecule has 1 aromatic carbocycles. The number of rotatable bonds is 5. The van der Waals surface area contributed by atoms with E-state index >= 15 is 0 Å². The molecule has 0 heterocycles. The first kappa shape index (κ1) is 12.3. The lowest BCUT2D eigenvalue weighted by Gasteiger charge is -2.15. The van der Waals surface area contributed by atoms with Gasteiger partial charge in [0.05, 0.1) is 6.61 Å². The summed E-state index contributed by atoms with van der Waals surface area (Å²) in [6, 6.07) is 5.83. The maximum Gasteiger partial charge on any atom is 0.124 e. The van der Waals surface area contributed by atoms with Gasteiger partial charge in [-0.1, -0.05) is 22.0 Å². The van der Waals surface area contributed by atoms with Gasteiger partial charge in [0, 0.05) is 16.1 Å². The van der Waals surface area contributed by atoms with Crippen LogP contribution in [0.5, 0.6) is 5.75 Å². The van der Waals surface area contributed by atoms with Crippen molar-refractivity contribution in [3.63, 3.8) is 0 Å². The first-order chi connectivity index (χ1) is 7.19. The highest BCUT2D eigenvalue weighted by Crippen LogP contribution is 2.29. The summed E-state index contributed by atoms with van der Waals surface area (Å²) in [5, 5.41) is 0. The van der Waals surface area contributed by atoms with Crippen LogP contribution in [-0.4, -0.2) is 6.61 Å². The molecule has 0 fully saturated rings. The lowest BCUT2D eigenvalue weighted by Crippen LogP contribution is -2.11. The van der Waals surface area contributed by atoms with E-state index in [1.807, 2.05) is 31.2 Å². The molecule has 2 nitrogen and oxygen atoms in total. The van der Waals surface area contributed by atoms with E-state index in [4.69, 9.17) is 10.5 Å². The molecule has 0 aliphatic rings. The molecule has 15 heavy (non-hydrogen) atoms. The van der Waals surface area contributed by atoms with Gasteiger partial charge in [-0.2, -0.15) is 0 Å². The van der Waals surface area contributed by atoms with Crippen LogP contribution in [0.2, 0.25) is 0 Å². The summed E-state index contributed by atoms with van der Waals surface area (Å²) in [7, 11) is 0. The Kier molecular flexibility index (Phi) is 4.85. The number of nitrogens with two attached hydrogens (primary N) is 1. The molecule has 0 bridgehead atoms. The second-order valence-corrected chi connectivity index (χ2v) is 4.16. The van der Waals surface area contributed by atoms with E-state index in [9.17, 15) is 0 Å².